The van der Waals surface area contributed by atoms with Crippen LogP contribution in [0.2, 0.25) is 0 Å². The molecule has 4 heteroatoms. The Morgan fingerprint density at radius 2 is 1.48 bits per heavy atom. The number of hydrogen-bond acceptors (Lipinski definition) is 3. The number of amides is 1. The summed E-state index contributed by atoms with van der Waals surface area (Å²) in [6.45, 7) is 11.6. The smallest absolute Gasteiger partial charge is 0.287 e. The molecule has 1 N–H and O–H groups in total. The van der Waals surface area contributed by atoms with Crippen molar-refractivity contribution < 1.29 is 13.9 Å². The molecule has 1 amide bonds. The minimum atomic E-state index is -0.224. The summed E-state index contributed by atoms with van der Waals surface area (Å²) in [6, 6.07) is 13.2. The molecule has 0 spiro atoms. The first-order valence-corrected chi connectivity index (χ1v) is 9.99. The second-order valence-corrected chi connectivity index (χ2v) is 7.46. The van der Waals surface area contributed by atoms with Crippen molar-refractivity contribution in [1.82, 2.24) is 5.32 Å². The van der Waals surface area contributed by atoms with Gasteiger partial charge in [-0.1, -0.05) is 18.2 Å². The van der Waals surface area contributed by atoms with E-state index in [2.05, 4.69) is 39.9 Å². The van der Waals surface area contributed by atoms with Gasteiger partial charge in [-0.25, -0.2) is 0 Å². The van der Waals surface area contributed by atoms with E-state index < -0.39 is 0 Å². The van der Waals surface area contributed by atoms with E-state index in [4.69, 9.17) is 9.15 Å². The quantitative estimate of drug-likeness (QED) is 0.562. The molecule has 0 saturated carbocycles. The molecule has 0 fully saturated rings. The molecule has 3 aromatic rings. The molecule has 152 valence electrons. The average Bonchev–Trinajstić information content (AvgIpc) is 3.21. The lowest BCUT2D eigenvalue weighted by atomic mass is 9.88. The fourth-order valence-electron chi connectivity index (χ4n) is 3.55. The van der Waals surface area contributed by atoms with Gasteiger partial charge in [-0.2, -0.15) is 0 Å². The molecule has 1 aromatic heterocycles. The Kier molecular flexibility index (Phi) is 6.42. The van der Waals surface area contributed by atoms with Crippen molar-refractivity contribution in [3.8, 4) is 5.75 Å². The van der Waals surface area contributed by atoms with Crippen LogP contribution in [0.1, 0.15) is 49.7 Å². The monoisotopic (exact) mass is 391 g/mol. The van der Waals surface area contributed by atoms with E-state index >= 15 is 0 Å². The van der Waals surface area contributed by atoms with Crippen LogP contribution in [0.4, 0.5) is 0 Å². The lowest BCUT2D eigenvalue weighted by Crippen LogP contribution is -2.27. The van der Waals surface area contributed by atoms with Crippen LogP contribution in [0.25, 0.3) is 0 Å². The number of carbonyl (C=O) groups is 1. The molecule has 0 saturated heterocycles. The number of carbonyl (C=O) groups excluding carboxylic acids is 1. The van der Waals surface area contributed by atoms with Crippen molar-refractivity contribution >= 4 is 5.91 Å². The number of ether oxygens (including phenoxy) is 1. The van der Waals surface area contributed by atoms with Crippen LogP contribution in [-0.4, -0.2) is 19.1 Å². The molecule has 0 aliphatic rings. The van der Waals surface area contributed by atoms with Gasteiger partial charge in [-0.15, -0.1) is 0 Å². The Bertz CT molecular complexity index is 973. The second-order valence-electron chi connectivity index (χ2n) is 7.46. The molecule has 0 aliphatic heterocycles. The van der Waals surface area contributed by atoms with Gasteiger partial charge in [0.2, 0.25) is 0 Å². The molecule has 3 rings (SSSR count). The summed E-state index contributed by atoms with van der Waals surface area (Å²) < 4.78 is 11.4. The number of para-hydroxylation sites is 1. The summed E-state index contributed by atoms with van der Waals surface area (Å²) in [5.74, 6) is 1.69. The molecule has 4 nitrogen and oxygen atoms in total. The van der Waals surface area contributed by atoms with Crippen LogP contribution < -0.4 is 10.1 Å². The van der Waals surface area contributed by atoms with Crippen LogP contribution in [0.5, 0.6) is 5.75 Å². The maximum atomic E-state index is 12.3. The van der Waals surface area contributed by atoms with Gasteiger partial charge in [0.1, 0.15) is 18.1 Å². The largest absolute Gasteiger partial charge is 0.492 e. The summed E-state index contributed by atoms with van der Waals surface area (Å²) in [4.78, 5) is 12.3. The predicted octanol–water partition coefficient (Wildman–Crippen LogP) is 5.22. The summed E-state index contributed by atoms with van der Waals surface area (Å²) in [5, 5.41) is 2.84. The maximum absolute atomic E-state index is 12.3. The van der Waals surface area contributed by atoms with E-state index in [-0.39, 0.29) is 5.91 Å². The number of nitrogens with one attached hydrogen (secondary N) is 1. The summed E-state index contributed by atoms with van der Waals surface area (Å²) >= 11 is 0. The predicted molar refractivity (Wildman–Crippen MR) is 116 cm³/mol. The standard InChI is InChI=1S/C25H29NO3/c1-16-17(2)19(4)23(20(5)18(16)3)15-22-11-12-24(29-22)25(27)26-13-14-28-21-9-7-6-8-10-21/h6-12H,13-15H2,1-5H3,(H,26,27). The van der Waals surface area contributed by atoms with E-state index in [1.54, 1.807) is 6.07 Å². The van der Waals surface area contributed by atoms with Gasteiger partial charge in [0.15, 0.2) is 5.76 Å². The minimum Gasteiger partial charge on any atom is -0.492 e. The van der Waals surface area contributed by atoms with E-state index in [9.17, 15) is 4.79 Å². The highest BCUT2D eigenvalue weighted by Crippen LogP contribution is 2.28. The first-order valence-electron chi connectivity index (χ1n) is 9.99. The van der Waals surface area contributed by atoms with Crippen LogP contribution in [0.3, 0.4) is 0 Å². The van der Waals surface area contributed by atoms with Crippen LogP contribution in [0.15, 0.2) is 46.9 Å². The lowest BCUT2D eigenvalue weighted by molar-refractivity contribution is 0.0917. The first kappa shape index (κ1) is 20.7. The Hall–Kier alpha value is -3.01. The highest BCUT2D eigenvalue weighted by atomic mass is 16.5. The maximum Gasteiger partial charge on any atom is 0.287 e. The molecular weight excluding hydrogens is 362 g/mol. The van der Waals surface area contributed by atoms with Gasteiger partial charge in [-0.05, 0) is 92.3 Å². The zero-order valence-corrected chi connectivity index (χ0v) is 17.9. The van der Waals surface area contributed by atoms with Crippen molar-refractivity contribution in [2.45, 2.75) is 41.0 Å². The fourth-order valence-corrected chi connectivity index (χ4v) is 3.55. The molecule has 0 radical (unpaired) electrons. The molecule has 0 bridgehead atoms. The molecule has 2 aromatic carbocycles. The van der Waals surface area contributed by atoms with Crippen molar-refractivity contribution in [3.05, 3.63) is 87.4 Å². The van der Waals surface area contributed by atoms with Crippen molar-refractivity contribution in [3.63, 3.8) is 0 Å². The van der Waals surface area contributed by atoms with Gasteiger partial charge in [0.05, 0.1) is 6.54 Å². The molecule has 1 heterocycles. The fraction of sp³-hybridized carbons (Fsp3) is 0.320. The van der Waals surface area contributed by atoms with Crippen molar-refractivity contribution in [2.75, 3.05) is 13.2 Å². The summed E-state index contributed by atoms with van der Waals surface area (Å²) in [6.07, 6.45) is 0.685. The molecule has 0 unspecified atom stereocenters. The topological polar surface area (TPSA) is 51.5 Å². The van der Waals surface area contributed by atoms with Gasteiger partial charge < -0.3 is 14.5 Å². The third-order valence-electron chi connectivity index (χ3n) is 5.79. The summed E-state index contributed by atoms with van der Waals surface area (Å²) in [5.41, 5.74) is 7.87. The molecular formula is C25H29NO3. The Morgan fingerprint density at radius 3 is 2.14 bits per heavy atom. The highest BCUT2D eigenvalue weighted by molar-refractivity contribution is 5.91. The third-order valence-corrected chi connectivity index (χ3v) is 5.79. The first-order chi connectivity index (χ1) is 13.9. The number of rotatable bonds is 7. The summed E-state index contributed by atoms with van der Waals surface area (Å²) in [7, 11) is 0. The van der Waals surface area contributed by atoms with Crippen molar-refractivity contribution in [1.29, 1.82) is 0 Å². The van der Waals surface area contributed by atoms with Gasteiger partial charge in [-0.3, -0.25) is 4.79 Å². The van der Waals surface area contributed by atoms with Crippen LogP contribution in [0, 0.1) is 34.6 Å². The van der Waals surface area contributed by atoms with Gasteiger partial charge in [0, 0.05) is 6.42 Å². The number of furan rings is 1. The minimum absolute atomic E-state index is 0.224. The van der Waals surface area contributed by atoms with Crippen LogP contribution >= 0.6 is 0 Å². The van der Waals surface area contributed by atoms with E-state index in [0.717, 1.165) is 11.5 Å². The number of benzene rings is 2. The van der Waals surface area contributed by atoms with Gasteiger partial charge >= 0.3 is 0 Å². The lowest BCUT2D eigenvalue weighted by Gasteiger charge is -2.18. The second kappa shape index (κ2) is 8.99. The van der Waals surface area contributed by atoms with E-state index in [0.29, 0.717) is 25.3 Å². The normalized spacial score (nSPS) is 10.8. The SMILES string of the molecule is Cc1c(C)c(C)c(Cc2ccc(C(=O)NCCOc3ccccc3)o2)c(C)c1C. The third kappa shape index (κ3) is 4.70. The Labute approximate surface area is 172 Å². The average molecular weight is 392 g/mol. The Morgan fingerprint density at radius 1 is 0.862 bits per heavy atom. The Balaban J connectivity index is 1.60. The van der Waals surface area contributed by atoms with Gasteiger partial charge in [0.25, 0.3) is 5.91 Å². The molecule has 0 atom stereocenters. The van der Waals surface area contributed by atoms with Crippen LogP contribution in [-0.2, 0) is 6.42 Å². The molecule has 0 aliphatic carbocycles. The highest BCUT2D eigenvalue weighted by Gasteiger charge is 2.16. The number of hydrogen-bond donors (Lipinski definition) is 1. The molecule has 29 heavy (non-hydrogen) atoms. The zero-order chi connectivity index (χ0) is 21.0. The van der Waals surface area contributed by atoms with E-state index in [1.165, 1.54) is 33.4 Å². The zero-order valence-electron chi connectivity index (χ0n) is 17.9. The van der Waals surface area contributed by atoms with Crippen molar-refractivity contribution in [2.24, 2.45) is 0 Å². The van der Waals surface area contributed by atoms with E-state index in [1.807, 2.05) is 36.4 Å².